The van der Waals surface area contributed by atoms with E-state index in [1.165, 1.54) is 6.07 Å². The molecule has 1 unspecified atom stereocenters. The van der Waals surface area contributed by atoms with E-state index in [0.717, 1.165) is 12.1 Å². The third kappa shape index (κ3) is 3.91. The molecule has 0 aliphatic heterocycles. The van der Waals surface area contributed by atoms with Gasteiger partial charge in [0.05, 0.1) is 11.3 Å². The van der Waals surface area contributed by atoms with Crippen LogP contribution in [0.15, 0.2) is 23.1 Å². The Balaban J connectivity index is 3.05. The van der Waals surface area contributed by atoms with Gasteiger partial charge in [-0.05, 0) is 31.5 Å². The van der Waals surface area contributed by atoms with Gasteiger partial charge in [0.1, 0.15) is 4.90 Å². The second kappa shape index (κ2) is 6.00. The molecule has 0 aromatic heterocycles. The second-order valence-corrected chi connectivity index (χ2v) is 5.77. The molecule has 1 aromatic carbocycles. The molecular formula is C11H16N2O5S. The van der Waals surface area contributed by atoms with E-state index in [1.807, 2.05) is 0 Å². The molecule has 0 bridgehead atoms. The number of carbonyl (C=O) groups is 1. The van der Waals surface area contributed by atoms with Crippen molar-refractivity contribution >= 4 is 21.7 Å². The Morgan fingerprint density at radius 3 is 2.58 bits per heavy atom. The number of aliphatic hydroxyl groups excluding tert-OH is 1. The van der Waals surface area contributed by atoms with Crippen LogP contribution in [0.4, 0.5) is 5.69 Å². The van der Waals surface area contributed by atoms with E-state index in [-0.39, 0.29) is 29.2 Å². The number of nitrogen functional groups attached to an aromatic ring is 1. The molecule has 0 heterocycles. The van der Waals surface area contributed by atoms with Crippen molar-refractivity contribution in [2.45, 2.75) is 24.3 Å². The fraction of sp³-hybridized carbons (Fsp3) is 0.364. The maximum Gasteiger partial charge on any atom is 0.335 e. The van der Waals surface area contributed by atoms with E-state index < -0.39 is 22.0 Å². The second-order valence-electron chi connectivity index (χ2n) is 4.09. The number of nitrogens with two attached hydrogens (primary N) is 1. The number of carboxylic acid groups (broad SMARTS) is 1. The van der Waals surface area contributed by atoms with Gasteiger partial charge in [-0.3, -0.25) is 0 Å². The van der Waals surface area contributed by atoms with Crippen molar-refractivity contribution in [2.24, 2.45) is 0 Å². The van der Waals surface area contributed by atoms with Crippen LogP contribution in [0.1, 0.15) is 23.7 Å². The van der Waals surface area contributed by atoms with Gasteiger partial charge in [0, 0.05) is 12.6 Å². The molecule has 0 saturated carbocycles. The number of hydrogen-bond acceptors (Lipinski definition) is 5. The van der Waals surface area contributed by atoms with E-state index in [2.05, 4.69) is 4.72 Å². The largest absolute Gasteiger partial charge is 0.478 e. The van der Waals surface area contributed by atoms with Crippen LogP contribution in [0.5, 0.6) is 0 Å². The van der Waals surface area contributed by atoms with E-state index >= 15 is 0 Å². The number of benzene rings is 1. The lowest BCUT2D eigenvalue weighted by atomic mass is 10.2. The summed E-state index contributed by atoms with van der Waals surface area (Å²) < 4.78 is 26.3. The number of carboxylic acids is 1. The van der Waals surface area contributed by atoms with Gasteiger partial charge in [-0.1, -0.05) is 0 Å². The summed E-state index contributed by atoms with van der Waals surface area (Å²) >= 11 is 0. The van der Waals surface area contributed by atoms with Gasteiger partial charge in [-0.2, -0.15) is 0 Å². The van der Waals surface area contributed by atoms with Crippen molar-refractivity contribution in [1.29, 1.82) is 0 Å². The molecule has 19 heavy (non-hydrogen) atoms. The average Bonchev–Trinajstić information content (AvgIpc) is 2.27. The van der Waals surface area contributed by atoms with Crippen LogP contribution in [0, 0.1) is 0 Å². The number of nitrogens with one attached hydrogen (secondary N) is 1. The van der Waals surface area contributed by atoms with Crippen LogP contribution in [0.25, 0.3) is 0 Å². The minimum atomic E-state index is -3.83. The lowest BCUT2D eigenvalue weighted by molar-refractivity contribution is 0.0697. The molecule has 0 fully saturated rings. The number of aromatic carboxylic acids is 1. The van der Waals surface area contributed by atoms with Crippen LogP contribution in [-0.2, 0) is 10.0 Å². The minimum absolute atomic E-state index is 0.0835. The first-order chi connectivity index (χ1) is 8.77. The highest BCUT2D eigenvalue weighted by Gasteiger charge is 2.20. The van der Waals surface area contributed by atoms with Crippen molar-refractivity contribution in [3.63, 3.8) is 0 Å². The van der Waals surface area contributed by atoms with E-state index in [0.29, 0.717) is 0 Å². The molecule has 0 aliphatic carbocycles. The molecule has 0 radical (unpaired) electrons. The zero-order chi connectivity index (χ0) is 14.6. The highest BCUT2D eigenvalue weighted by molar-refractivity contribution is 7.89. The molecule has 0 spiro atoms. The number of sulfonamides is 1. The zero-order valence-electron chi connectivity index (χ0n) is 10.3. The molecule has 8 heteroatoms. The quantitative estimate of drug-likeness (QED) is 0.546. The molecule has 0 saturated heterocycles. The van der Waals surface area contributed by atoms with Crippen molar-refractivity contribution in [3.05, 3.63) is 23.8 Å². The summed E-state index contributed by atoms with van der Waals surface area (Å²) in [6, 6.07) is 2.96. The summed E-state index contributed by atoms with van der Waals surface area (Å²) in [4.78, 5) is 10.6. The highest BCUT2D eigenvalue weighted by atomic mass is 32.2. The van der Waals surface area contributed by atoms with Crippen molar-refractivity contribution in [3.8, 4) is 0 Å². The Labute approximate surface area is 111 Å². The van der Waals surface area contributed by atoms with Gasteiger partial charge in [-0.25, -0.2) is 17.9 Å². The monoisotopic (exact) mass is 288 g/mol. The van der Waals surface area contributed by atoms with Crippen molar-refractivity contribution in [2.75, 3.05) is 12.3 Å². The maximum absolute atomic E-state index is 12.0. The number of hydrogen-bond donors (Lipinski definition) is 4. The Bertz CT molecular complexity index is 570. The highest BCUT2D eigenvalue weighted by Crippen LogP contribution is 2.20. The lowest BCUT2D eigenvalue weighted by Gasteiger charge is -2.14. The molecule has 1 atom stereocenters. The first-order valence-corrected chi connectivity index (χ1v) is 7.02. The normalized spacial score (nSPS) is 13.2. The van der Waals surface area contributed by atoms with Gasteiger partial charge in [0.2, 0.25) is 10.0 Å². The SMILES string of the molecule is CC(CCO)NS(=O)(=O)c1ccc(C(=O)O)cc1N. The summed E-state index contributed by atoms with van der Waals surface area (Å²) in [5.74, 6) is -1.18. The molecular weight excluding hydrogens is 272 g/mol. The summed E-state index contributed by atoms with van der Waals surface area (Å²) in [6.45, 7) is 1.46. The Hall–Kier alpha value is -1.64. The number of rotatable bonds is 6. The molecule has 1 aromatic rings. The topological polar surface area (TPSA) is 130 Å². The van der Waals surface area contributed by atoms with Crippen molar-refractivity contribution in [1.82, 2.24) is 4.72 Å². The van der Waals surface area contributed by atoms with Crippen LogP contribution >= 0.6 is 0 Å². The predicted molar refractivity (Wildman–Crippen MR) is 69.3 cm³/mol. The van der Waals surface area contributed by atoms with Crippen molar-refractivity contribution < 1.29 is 23.4 Å². The maximum atomic E-state index is 12.0. The minimum Gasteiger partial charge on any atom is -0.478 e. The summed E-state index contributed by atoms with van der Waals surface area (Å²) in [6.07, 6.45) is 0.270. The molecule has 106 valence electrons. The molecule has 5 N–H and O–H groups in total. The standard InChI is InChI=1S/C11H16N2O5S/c1-7(4-5-14)13-19(17,18)10-3-2-8(11(15)16)6-9(10)12/h2-3,6-7,13-14H,4-5,12H2,1H3,(H,15,16). The molecule has 7 nitrogen and oxygen atoms in total. The van der Waals surface area contributed by atoms with Crippen LogP contribution in [0.3, 0.4) is 0 Å². The average molecular weight is 288 g/mol. The van der Waals surface area contributed by atoms with Gasteiger partial charge in [0.25, 0.3) is 0 Å². The third-order valence-corrected chi connectivity index (χ3v) is 4.13. The fourth-order valence-electron chi connectivity index (χ4n) is 1.51. The predicted octanol–water partition coefficient (Wildman–Crippen LogP) is 0.0162. The van der Waals surface area contributed by atoms with E-state index in [1.54, 1.807) is 6.92 Å². The van der Waals surface area contributed by atoms with Gasteiger partial charge >= 0.3 is 5.97 Å². The Morgan fingerprint density at radius 1 is 1.47 bits per heavy atom. The van der Waals surface area contributed by atoms with Crippen LogP contribution in [-0.4, -0.2) is 37.2 Å². The first-order valence-electron chi connectivity index (χ1n) is 5.54. The molecule has 0 amide bonds. The smallest absolute Gasteiger partial charge is 0.335 e. The van der Waals surface area contributed by atoms with Gasteiger partial charge < -0.3 is 15.9 Å². The van der Waals surface area contributed by atoms with E-state index in [4.69, 9.17) is 15.9 Å². The van der Waals surface area contributed by atoms with Gasteiger partial charge in [-0.15, -0.1) is 0 Å². The summed E-state index contributed by atoms with van der Waals surface area (Å²) in [7, 11) is -3.83. The van der Waals surface area contributed by atoms with Crippen LogP contribution < -0.4 is 10.5 Å². The summed E-state index contributed by atoms with van der Waals surface area (Å²) in [5.41, 5.74) is 5.34. The zero-order valence-corrected chi connectivity index (χ0v) is 11.1. The molecule has 1 rings (SSSR count). The third-order valence-electron chi connectivity index (χ3n) is 2.46. The van der Waals surface area contributed by atoms with E-state index in [9.17, 15) is 13.2 Å². The summed E-state index contributed by atoms with van der Waals surface area (Å²) in [5, 5.41) is 17.5. The molecule has 0 aliphatic rings. The number of aliphatic hydroxyl groups is 1. The van der Waals surface area contributed by atoms with Crippen LogP contribution in [0.2, 0.25) is 0 Å². The van der Waals surface area contributed by atoms with Gasteiger partial charge in [0.15, 0.2) is 0 Å². The lowest BCUT2D eigenvalue weighted by Crippen LogP contribution is -2.33. The number of anilines is 1. The Morgan fingerprint density at radius 2 is 2.11 bits per heavy atom. The fourth-order valence-corrected chi connectivity index (χ4v) is 2.90. The Kier molecular flexibility index (Phi) is 4.87. The first kappa shape index (κ1) is 15.4.